The van der Waals surface area contributed by atoms with Gasteiger partial charge in [-0.05, 0) is 6.07 Å². The predicted molar refractivity (Wildman–Crippen MR) is 55.3 cm³/mol. The van der Waals surface area contributed by atoms with E-state index in [0.29, 0.717) is 10.6 Å². The molecule has 1 aromatic heterocycles. The molecule has 0 aliphatic carbocycles. The lowest BCUT2D eigenvalue weighted by Gasteiger charge is -2.02. The summed E-state index contributed by atoms with van der Waals surface area (Å²) < 4.78 is 13.4. The molecule has 1 heterocycles. The van der Waals surface area contributed by atoms with Crippen molar-refractivity contribution in [1.29, 1.82) is 0 Å². The summed E-state index contributed by atoms with van der Waals surface area (Å²) in [6.07, 6.45) is 1.14. The van der Waals surface area contributed by atoms with Crippen molar-refractivity contribution in [1.82, 2.24) is 9.97 Å². The number of halogens is 2. The number of aromatic nitrogens is 2. The summed E-state index contributed by atoms with van der Waals surface area (Å²) in [4.78, 5) is 16.9. The molecule has 5 heteroatoms. The van der Waals surface area contributed by atoms with Gasteiger partial charge in [-0.2, -0.15) is 4.39 Å². The maximum absolute atomic E-state index is 13.4. The van der Waals surface area contributed by atoms with Gasteiger partial charge in [0.25, 0.3) is 5.56 Å². The molecule has 2 rings (SSSR count). The highest BCUT2D eigenvalue weighted by molar-refractivity contribution is 6.33. The van der Waals surface area contributed by atoms with Crippen molar-refractivity contribution in [3.63, 3.8) is 0 Å². The summed E-state index contributed by atoms with van der Waals surface area (Å²) in [7, 11) is 0. The summed E-state index contributed by atoms with van der Waals surface area (Å²) in [5, 5.41) is 0.356. The van der Waals surface area contributed by atoms with Crippen molar-refractivity contribution in [3.05, 3.63) is 51.8 Å². The first-order valence-electron chi connectivity index (χ1n) is 4.18. The van der Waals surface area contributed by atoms with Crippen molar-refractivity contribution in [2.75, 3.05) is 0 Å². The Hall–Kier alpha value is -1.68. The molecule has 0 unspecified atom stereocenters. The predicted octanol–water partition coefficient (Wildman–Crippen LogP) is 2.23. The third-order valence-corrected chi connectivity index (χ3v) is 2.26. The van der Waals surface area contributed by atoms with E-state index < -0.39 is 11.4 Å². The van der Waals surface area contributed by atoms with Gasteiger partial charge in [0.05, 0.1) is 11.3 Å². The molecule has 1 N–H and O–H groups in total. The highest BCUT2D eigenvalue weighted by atomic mass is 35.5. The summed E-state index contributed by atoms with van der Waals surface area (Å²) in [6, 6.07) is 6.63. The van der Waals surface area contributed by atoms with Crippen molar-refractivity contribution in [2.45, 2.75) is 0 Å². The normalized spacial score (nSPS) is 10.3. The Balaban J connectivity index is 2.70. The number of rotatable bonds is 1. The lowest BCUT2D eigenvalue weighted by atomic mass is 10.1. The van der Waals surface area contributed by atoms with Gasteiger partial charge >= 0.3 is 0 Å². The third kappa shape index (κ3) is 1.76. The lowest BCUT2D eigenvalue weighted by Crippen LogP contribution is -2.12. The Morgan fingerprint density at radius 2 is 2.07 bits per heavy atom. The number of nitrogens with one attached hydrogen (secondary N) is 1. The van der Waals surface area contributed by atoms with Crippen LogP contribution in [-0.2, 0) is 0 Å². The lowest BCUT2D eigenvalue weighted by molar-refractivity contribution is 0.605. The van der Waals surface area contributed by atoms with Crippen LogP contribution in [0.25, 0.3) is 11.3 Å². The summed E-state index contributed by atoms with van der Waals surface area (Å²) in [6.45, 7) is 0. The average molecular weight is 225 g/mol. The van der Waals surface area contributed by atoms with E-state index in [2.05, 4.69) is 9.97 Å². The standard InChI is InChI=1S/C10H6ClFN2O/c11-7-4-2-1-3-6(7)9-8(12)10(15)14-5-13-9/h1-5H,(H,13,14,15). The molecule has 0 fully saturated rings. The fourth-order valence-corrected chi connectivity index (χ4v) is 1.45. The number of aromatic amines is 1. The van der Waals surface area contributed by atoms with Gasteiger partial charge in [0.15, 0.2) is 0 Å². The second kappa shape index (κ2) is 3.82. The van der Waals surface area contributed by atoms with Gasteiger partial charge in [0.1, 0.15) is 5.69 Å². The molecule has 0 atom stereocenters. The van der Waals surface area contributed by atoms with Gasteiger partial charge in [-0.1, -0.05) is 29.8 Å². The van der Waals surface area contributed by atoms with E-state index in [0.717, 1.165) is 6.33 Å². The van der Waals surface area contributed by atoms with Gasteiger partial charge in [0, 0.05) is 5.56 Å². The molecule has 15 heavy (non-hydrogen) atoms. The largest absolute Gasteiger partial charge is 0.311 e. The minimum atomic E-state index is -0.925. The minimum Gasteiger partial charge on any atom is -0.311 e. The monoisotopic (exact) mass is 224 g/mol. The van der Waals surface area contributed by atoms with Crippen LogP contribution < -0.4 is 5.56 Å². The Kier molecular flexibility index (Phi) is 2.51. The molecule has 0 bridgehead atoms. The maximum Gasteiger partial charge on any atom is 0.287 e. The average Bonchev–Trinajstić information content (AvgIpc) is 2.23. The zero-order chi connectivity index (χ0) is 10.8. The fraction of sp³-hybridized carbons (Fsp3) is 0. The number of H-pyrrole nitrogens is 1. The molecular weight excluding hydrogens is 219 g/mol. The zero-order valence-corrected chi connectivity index (χ0v) is 8.25. The van der Waals surface area contributed by atoms with Crippen LogP contribution in [0, 0.1) is 5.82 Å². The summed E-state index contributed by atoms with van der Waals surface area (Å²) in [5.74, 6) is -0.925. The van der Waals surface area contributed by atoms with Gasteiger partial charge in [-0.15, -0.1) is 0 Å². The maximum atomic E-state index is 13.4. The molecule has 0 saturated carbocycles. The van der Waals surface area contributed by atoms with E-state index in [-0.39, 0.29) is 5.69 Å². The van der Waals surface area contributed by atoms with E-state index in [4.69, 9.17) is 11.6 Å². The topological polar surface area (TPSA) is 45.8 Å². The van der Waals surface area contributed by atoms with E-state index in [1.54, 1.807) is 24.3 Å². The van der Waals surface area contributed by atoms with Crippen LogP contribution in [0.4, 0.5) is 4.39 Å². The molecular formula is C10H6ClFN2O. The van der Waals surface area contributed by atoms with Crippen LogP contribution in [-0.4, -0.2) is 9.97 Å². The first kappa shape index (κ1) is 9.86. The molecule has 0 saturated heterocycles. The van der Waals surface area contributed by atoms with Crippen molar-refractivity contribution >= 4 is 11.6 Å². The third-order valence-electron chi connectivity index (χ3n) is 1.93. The molecule has 0 aliphatic rings. The number of benzene rings is 1. The number of hydrogen-bond donors (Lipinski definition) is 1. The van der Waals surface area contributed by atoms with Gasteiger partial charge < -0.3 is 4.98 Å². The highest BCUT2D eigenvalue weighted by Crippen LogP contribution is 2.25. The summed E-state index contributed by atoms with van der Waals surface area (Å²) >= 11 is 5.86. The molecule has 0 amide bonds. The van der Waals surface area contributed by atoms with E-state index in [9.17, 15) is 9.18 Å². The van der Waals surface area contributed by atoms with Crippen LogP contribution in [0.1, 0.15) is 0 Å². The van der Waals surface area contributed by atoms with Gasteiger partial charge in [-0.25, -0.2) is 4.98 Å². The Morgan fingerprint density at radius 1 is 1.33 bits per heavy atom. The van der Waals surface area contributed by atoms with Crippen molar-refractivity contribution in [2.24, 2.45) is 0 Å². The minimum absolute atomic E-state index is 0.0376. The molecule has 0 radical (unpaired) electrons. The van der Waals surface area contributed by atoms with Crippen LogP contribution in [0.5, 0.6) is 0 Å². The van der Waals surface area contributed by atoms with Gasteiger partial charge in [-0.3, -0.25) is 4.79 Å². The van der Waals surface area contributed by atoms with E-state index in [1.807, 2.05) is 0 Å². The number of hydrogen-bond acceptors (Lipinski definition) is 2. The quantitative estimate of drug-likeness (QED) is 0.808. The van der Waals surface area contributed by atoms with Crippen LogP contribution in [0.3, 0.4) is 0 Å². The Labute approximate surface area is 89.6 Å². The van der Waals surface area contributed by atoms with E-state index in [1.165, 1.54) is 0 Å². The van der Waals surface area contributed by atoms with Crippen LogP contribution >= 0.6 is 11.6 Å². The zero-order valence-electron chi connectivity index (χ0n) is 7.50. The van der Waals surface area contributed by atoms with Crippen LogP contribution in [0.15, 0.2) is 35.4 Å². The first-order valence-corrected chi connectivity index (χ1v) is 4.56. The second-order valence-corrected chi connectivity index (χ2v) is 3.28. The highest BCUT2D eigenvalue weighted by Gasteiger charge is 2.12. The molecule has 0 spiro atoms. The fourth-order valence-electron chi connectivity index (χ4n) is 1.22. The smallest absolute Gasteiger partial charge is 0.287 e. The molecule has 1 aromatic carbocycles. The van der Waals surface area contributed by atoms with Crippen molar-refractivity contribution in [3.8, 4) is 11.3 Å². The Bertz CT molecular complexity index is 553. The summed E-state index contributed by atoms with van der Waals surface area (Å²) in [5.41, 5.74) is -0.438. The first-order chi connectivity index (χ1) is 7.20. The number of nitrogens with zero attached hydrogens (tertiary/aromatic N) is 1. The van der Waals surface area contributed by atoms with E-state index >= 15 is 0 Å². The molecule has 76 valence electrons. The van der Waals surface area contributed by atoms with Crippen molar-refractivity contribution < 1.29 is 4.39 Å². The molecule has 2 aromatic rings. The Morgan fingerprint density at radius 3 is 2.80 bits per heavy atom. The second-order valence-electron chi connectivity index (χ2n) is 2.87. The van der Waals surface area contributed by atoms with Gasteiger partial charge in [0.2, 0.25) is 5.82 Å². The molecule has 3 nitrogen and oxygen atoms in total. The SMILES string of the molecule is O=c1[nH]cnc(-c2ccccc2Cl)c1F. The van der Waals surface area contributed by atoms with Crippen LogP contribution in [0.2, 0.25) is 5.02 Å². The molecule has 0 aliphatic heterocycles.